The van der Waals surface area contributed by atoms with Gasteiger partial charge in [-0.1, -0.05) is 145 Å². The summed E-state index contributed by atoms with van der Waals surface area (Å²) in [6.45, 7) is 4.03. The Morgan fingerprint density at radius 2 is 0.690 bits per heavy atom. The van der Waals surface area contributed by atoms with Gasteiger partial charge in [0.1, 0.15) is 23.0 Å². The summed E-state index contributed by atoms with van der Waals surface area (Å²) in [5, 5.41) is 10.5. The molecule has 0 amide bonds. The topological polar surface area (TPSA) is 71.1 Å². The van der Waals surface area contributed by atoms with Crippen molar-refractivity contribution in [1.29, 1.82) is 0 Å². The summed E-state index contributed by atoms with van der Waals surface area (Å²) in [4.78, 5) is 27.3. The predicted octanol–water partition coefficient (Wildman–Crippen LogP) is 14.0. The van der Waals surface area contributed by atoms with E-state index in [0.29, 0.717) is 23.0 Å². The maximum absolute atomic E-state index is 13.6. The third kappa shape index (κ3) is 6.17. The Balaban J connectivity index is 1.13. The van der Waals surface area contributed by atoms with Crippen molar-refractivity contribution >= 4 is 76.9 Å². The van der Waals surface area contributed by atoms with Crippen LogP contribution in [0.3, 0.4) is 0 Å². The summed E-state index contributed by atoms with van der Waals surface area (Å²) in [6.07, 6.45) is -1.67. The molecular weight excluding hydrogens is 721 g/mol. The number of fused-ring (bicyclic) bond motifs is 6. The zero-order valence-electron chi connectivity index (χ0n) is 31.6. The van der Waals surface area contributed by atoms with Crippen LogP contribution in [-0.2, 0) is 0 Å². The highest BCUT2D eigenvalue weighted by atomic mass is 16.7. The predicted molar refractivity (Wildman–Crippen MR) is 233 cm³/mol. The molecule has 58 heavy (non-hydrogen) atoms. The van der Waals surface area contributed by atoms with Crippen LogP contribution in [0.15, 0.2) is 170 Å². The molecule has 0 saturated heterocycles. The molecule has 0 spiro atoms. The van der Waals surface area contributed by atoms with E-state index in [0.717, 1.165) is 86.9 Å². The molecule has 0 saturated carbocycles. The van der Waals surface area contributed by atoms with Gasteiger partial charge in [-0.15, -0.1) is 0 Å². The minimum Gasteiger partial charge on any atom is -0.395 e. The molecule has 0 aliphatic rings. The molecule has 278 valence electrons. The van der Waals surface area contributed by atoms with Gasteiger partial charge < -0.3 is 18.9 Å². The summed E-state index contributed by atoms with van der Waals surface area (Å²) in [5.74, 6) is 1.60. The molecule has 0 aliphatic carbocycles. The largest absolute Gasteiger partial charge is 0.519 e. The van der Waals surface area contributed by atoms with Gasteiger partial charge in [0, 0.05) is 21.5 Å². The van der Waals surface area contributed by atoms with Crippen molar-refractivity contribution in [3.63, 3.8) is 0 Å². The first-order valence-corrected chi connectivity index (χ1v) is 19.1. The van der Waals surface area contributed by atoms with E-state index < -0.39 is 12.3 Å². The minimum atomic E-state index is -0.834. The van der Waals surface area contributed by atoms with E-state index in [1.807, 2.05) is 147 Å². The van der Waals surface area contributed by atoms with Gasteiger partial charge in [0.2, 0.25) is 0 Å². The zero-order chi connectivity index (χ0) is 39.3. The molecule has 0 radical (unpaired) electrons. The Morgan fingerprint density at radius 1 is 0.328 bits per heavy atom. The molecular formula is C52H34O6. The molecule has 0 fully saturated rings. The number of rotatable bonds is 5. The Bertz CT molecular complexity index is 3090. The van der Waals surface area contributed by atoms with Crippen LogP contribution < -0.4 is 18.9 Å². The van der Waals surface area contributed by atoms with Crippen molar-refractivity contribution < 1.29 is 28.5 Å². The standard InChI is InChI=1S/C52H34O6/c1-31-19-25-41-45(27-31)49(57-51(53)55-37-23-21-33-11-3-5-13-35(33)29-37)43-17-9-7-15-39(43)47(41)48-40-16-8-10-18-44(40)50(46-28-32(2)20-26-42(46)48)58-52(54)56-38-24-22-34-12-4-6-14-36(34)30-38/h3-30H,1-2H3. The molecule has 6 nitrogen and oxygen atoms in total. The summed E-state index contributed by atoms with van der Waals surface area (Å²) in [7, 11) is 0. The first kappa shape index (κ1) is 34.8. The molecule has 0 bridgehead atoms. The van der Waals surface area contributed by atoms with Gasteiger partial charge in [-0.25, -0.2) is 9.59 Å². The van der Waals surface area contributed by atoms with Crippen LogP contribution in [0.5, 0.6) is 23.0 Å². The van der Waals surface area contributed by atoms with Gasteiger partial charge in [0.25, 0.3) is 0 Å². The van der Waals surface area contributed by atoms with E-state index in [4.69, 9.17) is 18.9 Å². The number of carbonyl (C=O) groups is 2. The maximum atomic E-state index is 13.6. The van der Waals surface area contributed by atoms with E-state index in [2.05, 4.69) is 24.3 Å². The second-order valence-corrected chi connectivity index (χ2v) is 14.5. The fourth-order valence-corrected chi connectivity index (χ4v) is 8.13. The van der Waals surface area contributed by atoms with E-state index >= 15 is 0 Å². The minimum absolute atomic E-state index is 0.391. The van der Waals surface area contributed by atoms with Crippen LogP contribution in [0.2, 0.25) is 0 Å². The van der Waals surface area contributed by atoms with Crippen LogP contribution in [0, 0.1) is 13.8 Å². The second-order valence-electron chi connectivity index (χ2n) is 14.5. The van der Waals surface area contributed by atoms with E-state index in [9.17, 15) is 9.59 Å². The lowest BCUT2D eigenvalue weighted by molar-refractivity contribution is 0.152. The first-order valence-electron chi connectivity index (χ1n) is 19.1. The summed E-state index contributed by atoms with van der Waals surface area (Å²) >= 11 is 0. The third-order valence-corrected chi connectivity index (χ3v) is 10.7. The van der Waals surface area contributed by atoms with Gasteiger partial charge in [-0.2, -0.15) is 0 Å². The van der Waals surface area contributed by atoms with E-state index in [1.165, 1.54) is 0 Å². The van der Waals surface area contributed by atoms with Crippen molar-refractivity contribution in [3.05, 3.63) is 181 Å². The summed E-state index contributed by atoms with van der Waals surface area (Å²) < 4.78 is 24.0. The fraction of sp³-hybridized carbons (Fsp3) is 0.0385. The first-order chi connectivity index (χ1) is 28.4. The molecule has 0 aromatic heterocycles. The number of carbonyl (C=O) groups excluding carboxylic acids is 2. The van der Waals surface area contributed by atoms with Gasteiger partial charge >= 0.3 is 12.3 Å². The van der Waals surface area contributed by atoms with Gasteiger partial charge in [0.15, 0.2) is 0 Å². The van der Waals surface area contributed by atoms with Gasteiger partial charge in [-0.05, 0) is 104 Å². The van der Waals surface area contributed by atoms with Crippen molar-refractivity contribution in [1.82, 2.24) is 0 Å². The number of aryl methyl sites for hydroxylation is 2. The number of ether oxygens (including phenoxy) is 4. The van der Waals surface area contributed by atoms with Crippen molar-refractivity contribution in [2.45, 2.75) is 13.8 Å². The van der Waals surface area contributed by atoms with Crippen molar-refractivity contribution in [3.8, 4) is 34.1 Å². The fourth-order valence-electron chi connectivity index (χ4n) is 8.13. The highest BCUT2D eigenvalue weighted by Gasteiger charge is 2.25. The summed E-state index contributed by atoms with van der Waals surface area (Å²) in [6, 6.07) is 55.1. The average molecular weight is 755 g/mol. The molecule has 0 N–H and O–H groups in total. The molecule has 0 aliphatic heterocycles. The summed E-state index contributed by atoms with van der Waals surface area (Å²) in [5.41, 5.74) is 3.91. The smallest absolute Gasteiger partial charge is 0.395 e. The third-order valence-electron chi connectivity index (χ3n) is 10.7. The monoisotopic (exact) mass is 754 g/mol. The Hall–Kier alpha value is -7.70. The van der Waals surface area contributed by atoms with Crippen molar-refractivity contribution in [2.24, 2.45) is 0 Å². The van der Waals surface area contributed by atoms with Gasteiger partial charge in [0.05, 0.1) is 0 Å². The van der Waals surface area contributed by atoms with Crippen molar-refractivity contribution in [2.75, 3.05) is 0 Å². The van der Waals surface area contributed by atoms with Crippen LogP contribution in [0.25, 0.3) is 75.8 Å². The maximum Gasteiger partial charge on any atom is 0.519 e. The lowest BCUT2D eigenvalue weighted by atomic mass is 9.85. The van der Waals surface area contributed by atoms with E-state index in [-0.39, 0.29) is 0 Å². The lowest BCUT2D eigenvalue weighted by Gasteiger charge is -2.21. The number of benzene rings is 10. The van der Waals surface area contributed by atoms with Gasteiger partial charge in [-0.3, -0.25) is 0 Å². The molecule has 0 heterocycles. The molecule has 10 aromatic carbocycles. The molecule has 10 rings (SSSR count). The van der Waals surface area contributed by atoms with E-state index in [1.54, 1.807) is 12.1 Å². The second kappa shape index (κ2) is 14.1. The van der Waals surface area contributed by atoms with Crippen LogP contribution in [-0.4, -0.2) is 12.3 Å². The highest BCUT2D eigenvalue weighted by molar-refractivity contribution is 6.27. The molecule has 0 atom stereocenters. The zero-order valence-corrected chi connectivity index (χ0v) is 31.6. The normalized spacial score (nSPS) is 11.4. The molecule has 10 aromatic rings. The number of hydrogen-bond acceptors (Lipinski definition) is 6. The quantitative estimate of drug-likeness (QED) is 0.0990. The lowest BCUT2D eigenvalue weighted by Crippen LogP contribution is -2.14. The SMILES string of the molecule is Cc1ccc2c(-c3c4ccccc4c(OC(=O)Oc4ccc5ccccc5c4)c4cc(C)ccc34)c3ccccc3c(OC(=O)Oc3ccc4ccccc4c3)c2c1. The van der Waals surface area contributed by atoms with Crippen LogP contribution >= 0.6 is 0 Å². The van der Waals surface area contributed by atoms with Crippen LogP contribution in [0.1, 0.15) is 11.1 Å². The molecule has 0 unspecified atom stereocenters. The molecule has 6 heteroatoms. The Morgan fingerprint density at radius 3 is 1.12 bits per heavy atom. The average Bonchev–Trinajstić information content (AvgIpc) is 3.24. The number of hydrogen-bond donors (Lipinski definition) is 0. The Labute approximate surface area is 333 Å². The van der Waals surface area contributed by atoms with Crippen LogP contribution in [0.4, 0.5) is 9.59 Å². The Kier molecular flexibility index (Phi) is 8.45. The highest BCUT2D eigenvalue weighted by Crippen LogP contribution is 2.50.